The van der Waals surface area contributed by atoms with Crippen LogP contribution in [0.4, 0.5) is 0 Å². The highest BCUT2D eigenvalue weighted by Gasteiger charge is 2.43. The number of fused-ring (bicyclic) bond motifs is 1. The highest BCUT2D eigenvalue weighted by Crippen LogP contribution is 2.47. The standard InChI is InChI=1S/C16H20O3/c17-15(18)16(8-4-1-5-9-16)10-12-11-19-14-7-3-2-6-13(12)14/h2-3,6-7,12H,1,4-5,8-11H2,(H,17,18). The molecule has 19 heavy (non-hydrogen) atoms. The molecule has 1 fully saturated rings. The summed E-state index contributed by atoms with van der Waals surface area (Å²) in [6.07, 6.45) is 5.62. The summed E-state index contributed by atoms with van der Waals surface area (Å²) in [6.45, 7) is 0.633. The van der Waals surface area contributed by atoms with Crippen LogP contribution in [0.3, 0.4) is 0 Å². The molecule has 0 bridgehead atoms. The first-order valence-electron chi connectivity index (χ1n) is 7.16. The zero-order valence-corrected chi connectivity index (χ0v) is 11.1. The van der Waals surface area contributed by atoms with E-state index in [0.29, 0.717) is 6.61 Å². The Kier molecular flexibility index (Phi) is 3.21. The van der Waals surface area contributed by atoms with E-state index in [1.165, 1.54) is 12.0 Å². The summed E-state index contributed by atoms with van der Waals surface area (Å²) in [5.41, 5.74) is 0.665. The van der Waals surface area contributed by atoms with Gasteiger partial charge in [0.05, 0.1) is 12.0 Å². The molecule has 1 saturated carbocycles. The fourth-order valence-electron chi connectivity index (χ4n) is 3.60. The van der Waals surface area contributed by atoms with Gasteiger partial charge in [0.25, 0.3) is 0 Å². The van der Waals surface area contributed by atoms with E-state index in [2.05, 4.69) is 6.07 Å². The van der Waals surface area contributed by atoms with Crippen LogP contribution < -0.4 is 4.74 Å². The third-order valence-corrected chi connectivity index (χ3v) is 4.70. The quantitative estimate of drug-likeness (QED) is 0.903. The highest BCUT2D eigenvalue weighted by molar-refractivity contribution is 5.75. The number of hydrogen-bond donors (Lipinski definition) is 1. The Labute approximate surface area is 113 Å². The second-order valence-corrected chi connectivity index (χ2v) is 5.90. The lowest BCUT2D eigenvalue weighted by atomic mass is 9.68. The summed E-state index contributed by atoms with van der Waals surface area (Å²) in [5, 5.41) is 9.66. The lowest BCUT2D eigenvalue weighted by molar-refractivity contribution is -0.152. The predicted molar refractivity (Wildman–Crippen MR) is 72.4 cm³/mol. The SMILES string of the molecule is O=C(O)C1(CC2COc3ccccc32)CCCCC1. The minimum atomic E-state index is -0.614. The first-order chi connectivity index (χ1) is 9.21. The van der Waals surface area contributed by atoms with Crippen LogP contribution >= 0.6 is 0 Å². The molecule has 102 valence electrons. The van der Waals surface area contributed by atoms with Gasteiger partial charge in [-0.1, -0.05) is 37.5 Å². The van der Waals surface area contributed by atoms with E-state index in [0.717, 1.165) is 37.9 Å². The number of carbonyl (C=O) groups is 1. The van der Waals surface area contributed by atoms with Crippen molar-refractivity contribution in [3.05, 3.63) is 29.8 Å². The number of carboxylic acid groups (broad SMARTS) is 1. The molecule has 0 radical (unpaired) electrons. The van der Waals surface area contributed by atoms with Gasteiger partial charge in [-0.2, -0.15) is 0 Å². The van der Waals surface area contributed by atoms with Crippen LogP contribution in [-0.4, -0.2) is 17.7 Å². The van der Waals surface area contributed by atoms with Crippen molar-refractivity contribution in [2.24, 2.45) is 5.41 Å². The highest BCUT2D eigenvalue weighted by atomic mass is 16.5. The molecule has 1 aliphatic carbocycles. The molecular formula is C16H20O3. The lowest BCUT2D eigenvalue weighted by Crippen LogP contribution is -2.35. The van der Waals surface area contributed by atoms with Gasteiger partial charge in [-0.15, -0.1) is 0 Å². The molecule has 1 aromatic rings. The topological polar surface area (TPSA) is 46.5 Å². The average molecular weight is 260 g/mol. The van der Waals surface area contributed by atoms with E-state index < -0.39 is 11.4 Å². The zero-order valence-electron chi connectivity index (χ0n) is 11.1. The molecule has 3 heteroatoms. The van der Waals surface area contributed by atoms with Gasteiger partial charge in [0.15, 0.2) is 0 Å². The van der Waals surface area contributed by atoms with E-state index in [1.807, 2.05) is 18.2 Å². The molecule has 0 aromatic heterocycles. The molecule has 1 heterocycles. The summed E-state index contributed by atoms with van der Waals surface area (Å²) in [7, 11) is 0. The van der Waals surface area contributed by atoms with Crippen molar-refractivity contribution in [1.82, 2.24) is 0 Å². The molecule has 3 rings (SSSR count). The molecule has 2 aliphatic rings. The molecular weight excluding hydrogens is 240 g/mol. The zero-order chi connectivity index (χ0) is 13.3. The van der Waals surface area contributed by atoms with Crippen molar-refractivity contribution in [1.29, 1.82) is 0 Å². The molecule has 1 atom stereocenters. The Morgan fingerprint density at radius 1 is 1.26 bits per heavy atom. The van der Waals surface area contributed by atoms with E-state index in [4.69, 9.17) is 4.74 Å². The number of aliphatic carboxylic acids is 1. The predicted octanol–water partition coefficient (Wildman–Crippen LogP) is 3.59. The van der Waals surface area contributed by atoms with Gasteiger partial charge in [0.2, 0.25) is 0 Å². The van der Waals surface area contributed by atoms with Gasteiger partial charge < -0.3 is 9.84 Å². The molecule has 1 aliphatic heterocycles. The van der Waals surface area contributed by atoms with E-state index in [-0.39, 0.29) is 5.92 Å². The number of benzene rings is 1. The van der Waals surface area contributed by atoms with E-state index in [9.17, 15) is 9.90 Å². The van der Waals surface area contributed by atoms with Crippen molar-refractivity contribution < 1.29 is 14.6 Å². The summed E-state index contributed by atoms with van der Waals surface area (Å²) in [6, 6.07) is 8.03. The Morgan fingerprint density at radius 3 is 2.74 bits per heavy atom. The Bertz CT molecular complexity index is 475. The van der Waals surface area contributed by atoms with Crippen LogP contribution in [0.5, 0.6) is 5.75 Å². The fourth-order valence-corrected chi connectivity index (χ4v) is 3.60. The van der Waals surface area contributed by atoms with Gasteiger partial charge >= 0.3 is 5.97 Å². The number of para-hydroxylation sites is 1. The second kappa shape index (κ2) is 4.87. The minimum absolute atomic E-state index is 0.241. The van der Waals surface area contributed by atoms with E-state index in [1.54, 1.807) is 0 Å². The summed E-state index contributed by atoms with van der Waals surface area (Å²) in [4.78, 5) is 11.7. The maximum Gasteiger partial charge on any atom is 0.309 e. The summed E-state index contributed by atoms with van der Waals surface area (Å²) < 4.78 is 5.68. The van der Waals surface area contributed by atoms with E-state index >= 15 is 0 Å². The lowest BCUT2D eigenvalue weighted by Gasteiger charge is -2.35. The van der Waals surface area contributed by atoms with Gasteiger partial charge in [0, 0.05) is 11.5 Å². The normalized spacial score (nSPS) is 24.5. The molecule has 3 nitrogen and oxygen atoms in total. The first kappa shape index (κ1) is 12.5. The molecule has 0 amide bonds. The van der Waals surface area contributed by atoms with Crippen LogP contribution in [0.15, 0.2) is 24.3 Å². The van der Waals surface area contributed by atoms with Crippen LogP contribution in [0.1, 0.15) is 50.0 Å². The summed E-state index contributed by atoms with van der Waals surface area (Å²) >= 11 is 0. The van der Waals surface area contributed by atoms with Crippen LogP contribution in [-0.2, 0) is 4.79 Å². The molecule has 1 N–H and O–H groups in total. The van der Waals surface area contributed by atoms with Crippen molar-refractivity contribution >= 4 is 5.97 Å². The number of carboxylic acids is 1. The molecule has 0 saturated heterocycles. The number of rotatable bonds is 3. The van der Waals surface area contributed by atoms with Gasteiger partial charge in [-0.05, 0) is 25.3 Å². The average Bonchev–Trinajstić information content (AvgIpc) is 2.83. The second-order valence-electron chi connectivity index (χ2n) is 5.90. The number of ether oxygens (including phenoxy) is 1. The fraction of sp³-hybridized carbons (Fsp3) is 0.562. The Morgan fingerprint density at radius 2 is 2.00 bits per heavy atom. The Balaban J connectivity index is 1.82. The summed E-state index contributed by atoms with van der Waals surface area (Å²) in [5.74, 6) is 0.561. The van der Waals surface area contributed by atoms with Gasteiger partial charge in [-0.25, -0.2) is 0 Å². The van der Waals surface area contributed by atoms with Gasteiger partial charge in [-0.3, -0.25) is 4.79 Å². The van der Waals surface area contributed by atoms with Crippen molar-refractivity contribution in [3.63, 3.8) is 0 Å². The van der Waals surface area contributed by atoms with Crippen molar-refractivity contribution in [2.45, 2.75) is 44.4 Å². The molecule has 0 spiro atoms. The first-order valence-corrected chi connectivity index (χ1v) is 7.16. The van der Waals surface area contributed by atoms with Crippen molar-refractivity contribution in [2.75, 3.05) is 6.61 Å². The smallest absolute Gasteiger partial charge is 0.309 e. The third kappa shape index (κ3) is 2.22. The Hall–Kier alpha value is -1.51. The molecule has 1 unspecified atom stereocenters. The minimum Gasteiger partial charge on any atom is -0.493 e. The third-order valence-electron chi connectivity index (χ3n) is 4.70. The monoisotopic (exact) mass is 260 g/mol. The number of hydrogen-bond acceptors (Lipinski definition) is 2. The van der Waals surface area contributed by atoms with Crippen molar-refractivity contribution in [3.8, 4) is 5.75 Å². The van der Waals surface area contributed by atoms with Crippen LogP contribution in [0.25, 0.3) is 0 Å². The maximum absolute atomic E-state index is 11.7. The largest absolute Gasteiger partial charge is 0.493 e. The van der Waals surface area contributed by atoms with Crippen LogP contribution in [0, 0.1) is 5.41 Å². The van der Waals surface area contributed by atoms with Gasteiger partial charge in [0.1, 0.15) is 5.75 Å². The maximum atomic E-state index is 11.7. The molecule has 1 aromatic carbocycles. The van der Waals surface area contributed by atoms with Crippen LogP contribution in [0.2, 0.25) is 0 Å².